The number of anilines is 1. The smallest absolute Gasteiger partial charge is 0.256 e. The fraction of sp³-hybridized carbons (Fsp3) is 0.190. The van der Waals surface area contributed by atoms with Gasteiger partial charge in [0.05, 0.1) is 11.1 Å². The van der Waals surface area contributed by atoms with Crippen molar-refractivity contribution in [2.75, 3.05) is 5.32 Å². The molecule has 0 unspecified atom stereocenters. The zero-order valence-corrected chi connectivity index (χ0v) is 14.6. The number of para-hydroxylation sites is 1. The van der Waals surface area contributed by atoms with E-state index in [1.54, 1.807) is 24.3 Å². The number of ketones is 1. The Balaban J connectivity index is 2.01. The van der Waals surface area contributed by atoms with Crippen LogP contribution in [0, 0.1) is 6.92 Å². The topological polar surface area (TPSA) is 59.1 Å². The van der Waals surface area contributed by atoms with Gasteiger partial charge in [0.1, 0.15) is 0 Å². The summed E-state index contributed by atoms with van der Waals surface area (Å²) in [5.41, 5.74) is 4.58. The number of benzene rings is 2. The van der Waals surface area contributed by atoms with E-state index in [9.17, 15) is 9.59 Å². The van der Waals surface area contributed by atoms with E-state index in [0.29, 0.717) is 16.8 Å². The van der Waals surface area contributed by atoms with Crippen LogP contribution in [0.2, 0.25) is 0 Å². The molecule has 0 radical (unpaired) electrons. The molecule has 2 aromatic carbocycles. The SMILES string of the molecule is CCc1nc2ccccc2c(C(=O)Nc2ccc(C(C)=O)cc2)c1C. The second-order valence-electron chi connectivity index (χ2n) is 6.02. The van der Waals surface area contributed by atoms with E-state index in [-0.39, 0.29) is 11.7 Å². The highest BCUT2D eigenvalue weighted by Crippen LogP contribution is 2.24. The third kappa shape index (κ3) is 3.29. The van der Waals surface area contributed by atoms with Crippen molar-refractivity contribution < 1.29 is 9.59 Å². The normalized spacial score (nSPS) is 10.7. The summed E-state index contributed by atoms with van der Waals surface area (Å²) >= 11 is 0. The zero-order chi connectivity index (χ0) is 18.0. The van der Waals surface area contributed by atoms with Crippen LogP contribution >= 0.6 is 0 Å². The Hall–Kier alpha value is -3.01. The number of rotatable bonds is 4. The number of hydrogen-bond donors (Lipinski definition) is 1. The fourth-order valence-electron chi connectivity index (χ4n) is 2.98. The summed E-state index contributed by atoms with van der Waals surface area (Å²) in [5, 5.41) is 3.77. The third-order valence-corrected chi connectivity index (χ3v) is 4.35. The van der Waals surface area contributed by atoms with E-state index in [1.165, 1.54) is 6.92 Å². The van der Waals surface area contributed by atoms with Gasteiger partial charge in [0.2, 0.25) is 0 Å². The second kappa shape index (κ2) is 6.85. The van der Waals surface area contributed by atoms with Crippen molar-refractivity contribution in [2.24, 2.45) is 0 Å². The van der Waals surface area contributed by atoms with E-state index in [0.717, 1.165) is 28.6 Å². The highest BCUT2D eigenvalue weighted by atomic mass is 16.1. The maximum Gasteiger partial charge on any atom is 0.256 e. The van der Waals surface area contributed by atoms with Gasteiger partial charge in [0, 0.05) is 22.3 Å². The molecule has 4 heteroatoms. The molecule has 1 heterocycles. The molecule has 1 N–H and O–H groups in total. The lowest BCUT2D eigenvalue weighted by Crippen LogP contribution is -2.16. The van der Waals surface area contributed by atoms with Gasteiger partial charge in [-0.2, -0.15) is 0 Å². The summed E-state index contributed by atoms with van der Waals surface area (Å²) in [7, 11) is 0. The number of aryl methyl sites for hydroxylation is 1. The number of fused-ring (bicyclic) bond motifs is 1. The standard InChI is InChI=1S/C21H20N2O2/c1-4-18-13(2)20(17-7-5-6-8-19(17)23-18)21(25)22-16-11-9-15(10-12-16)14(3)24/h5-12H,4H2,1-3H3,(H,22,25). The van der Waals surface area contributed by atoms with Gasteiger partial charge in [-0.1, -0.05) is 25.1 Å². The molecule has 1 amide bonds. The number of nitrogens with one attached hydrogen (secondary N) is 1. The van der Waals surface area contributed by atoms with Crippen LogP contribution in [0.15, 0.2) is 48.5 Å². The Morgan fingerprint density at radius 3 is 2.36 bits per heavy atom. The molecule has 0 aliphatic carbocycles. The van der Waals surface area contributed by atoms with E-state index in [4.69, 9.17) is 0 Å². The van der Waals surface area contributed by atoms with E-state index in [2.05, 4.69) is 10.3 Å². The first kappa shape index (κ1) is 16.8. The average molecular weight is 332 g/mol. The van der Waals surface area contributed by atoms with Crippen molar-refractivity contribution in [1.29, 1.82) is 0 Å². The molecular weight excluding hydrogens is 312 g/mol. The summed E-state index contributed by atoms with van der Waals surface area (Å²) in [6.07, 6.45) is 0.768. The lowest BCUT2D eigenvalue weighted by molar-refractivity contribution is 0.101. The van der Waals surface area contributed by atoms with Gasteiger partial charge in [0.15, 0.2) is 5.78 Å². The van der Waals surface area contributed by atoms with Crippen LogP contribution in [-0.2, 0) is 6.42 Å². The predicted octanol–water partition coefficient (Wildman–Crippen LogP) is 4.56. The summed E-state index contributed by atoms with van der Waals surface area (Å²) in [6, 6.07) is 14.6. The van der Waals surface area contributed by atoms with Gasteiger partial charge in [-0.15, -0.1) is 0 Å². The average Bonchev–Trinajstić information content (AvgIpc) is 2.61. The van der Waals surface area contributed by atoms with Crippen LogP contribution < -0.4 is 5.32 Å². The van der Waals surface area contributed by atoms with Gasteiger partial charge in [-0.3, -0.25) is 14.6 Å². The molecule has 0 aliphatic heterocycles. The number of Topliss-reactive ketones (excluding diaryl/α,β-unsaturated/α-hetero) is 1. The first-order valence-electron chi connectivity index (χ1n) is 8.31. The summed E-state index contributed by atoms with van der Waals surface area (Å²) in [4.78, 5) is 29.0. The number of hydrogen-bond acceptors (Lipinski definition) is 3. The molecule has 1 aromatic heterocycles. The molecule has 0 saturated heterocycles. The number of nitrogens with zero attached hydrogens (tertiary/aromatic N) is 1. The Labute approximate surface area is 146 Å². The highest BCUT2D eigenvalue weighted by Gasteiger charge is 2.17. The molecule has 3 rings (SSSR count). The minimum atomic E-state index is -0.165. The molecule has 4 nitrogen and oxygen atoms in total. The van der Waals surface area contributed by atoms with Gasteiger partial charge in [-0.05, 0) is 56.2 Å². The van der Waals surface area contributed by atoms with Crippen molar-refractivity contribution in [3.05, 3.63) is 70.9 Å². The van der Waals surface area contributed by atoms with Crippen molar-refractivity contribution in [1.82, 2.24) is 4.98 Å². The summed E-state index contributed by atoms with van der Waals surface area (Å²) in [6.45, 7) is 5.49. The Morgan fingerprint density at radius 1 is 1.04 bits per heavy atom. The maximum absolute atomic E-state index is 12.9. The molecule has 0 atom stereocenters. The molecule has 0 aliphatic rings. The number of pyridine rings is 1. The molecule has 0 spiro atoms. The van der Waals surface area contributed by atoms with Gasteiger partial charge in [-0.25, -0.2) is 0 Å². The molecule has 0 fully saturated rings. The number of aromatic nitrogens is 1. The second-order valence-corrected chi connectivity index (χ2v) is 6.02. The zero-order valence-electron chi connectivity index (χ0n) is 14.6. The number of carbonyl (C=O) groups is 2. The van der Waals surface area contributed by atoms with Gasteiger partial charge in [0.25, 0.3) is 5.91 Å². The summed E-state index contributed by atoms with van der Waals surface area (Å²) in [5.74, 6) is -0.164. The molecule has 0 saturated carbocycles. The van der Waals surface area contributed by atoms with Crippen LogP contribution in [0.25, 0.3) is 10.9 Å². The minimum absolute atomic E-state index is 0.00133. The summed E-state index contributed by atoms with van der Waals surface area (Å²) < 4.78 is 0. The Kier molecular flexibility index (Phi) is 4.61. The van der Waals surface area contributed by atoms with Crippen LogP contribution in [0.5, 0.6) is 0 Å². The molecule has 0 bridgehead atoms. The molecule has 3 aromatic rings. The van der Waals surface area contributed by atoms with Crippen molar-refractivity contribution in [3.8, 4) is 0 Å². The Morgan fingerprint density at radius 2 is 1.72 bits per heavy atom. The van der Waals surface area contributed by atoms with Gasteiger partial charge < -0.3 is 5.32 Å². The van der Waals surface area contributed by atoms with Crippen molar-refractivity contribution in [3.63, 3.8) is 0 Å². The third-order valence-electron chi connectivity index (χ3n) is 4.35. The highest BCUT2D eigenvalue weighted by molar-refractivity contribution is 6.13. The predicted molar refractivity (Wildman–Crippen MR) is 100 cm³/mol. The van der Waals surface area contributed by atoms with E-state index >= 15 is 0 Å². The first-order valence-corrected chi connectivity index (χ1v) is 8.31. The van der Waals surface area contributed by atoms with Crippen LogP contribution in [0.4, 0.5) is 5.69 Å². The first-order chi connectivity index (χ1) is 12.0. The monoisotopic (exact) mass is 332 g/mol. The van der Waals surface area contributed by atoms with Gasteiger partial charge >= 0.3 is 0 Å². The van der Waals surface area contributed by atoms with Crippen molar-refractivity contribution in [2.45, 2.75) is 27.2 Å². The molecular formula is C21H20N2O2. The quantitative estimate of drug-likeness (QED) is 0.713. The lowest BCUT2D eigenvalue weighted by atomic mass is 9.99. The maximum atomic E-state index is 12.9. The Bertz CT molecular complexity index is 960. The van der Waals surface area contributed by atoms with Crippen LogP contribution in [0.3, 0.4) is 0 Å². The van der Waals surface area contributed by atoms with Crippen molar-refractivity contribution >= 4 is 28.3 Å². The molecule has 25 heavy (non-hydrogen) atoms. The van der Waals surface area contributed by atoms with E-state index in [1.807, 2.05) is 38.1 Å². The fourth-order valence-corrected chi connectivity index (χ4v) is 2.98. The van der Waals surface area contributed by atoms with Crippen LogP contribution in [-0.4, -0.2) is 16.7 Å². The lowest BCUT2D eigenvalue weighted by Gasteiger charge is -2.14. The number of amides is 1. The largest absolute Gasteiger partial charge is 0.322 e. The van der Waals surface area contributed by atoms with E-state index < -0.39 is 0 Å². The number of carbonyl (C=O) groups excluding carboxylic acids is 2. The minimum Gasteiger partial charge on any atom is -0.322 e. The molecule has 126 valence electrons. The van der Waals surface area contributed by atoms with Crippen LogP contribution in [0.1, 0.15) is 45.8 Å².